The molecular weight excluding hydrogens is 246 g/mol. The van der Waals surface area contributed by atoms with Crippen LogP contribution in [0, 0.1) is 0 Å². The average molecular weight is 271 g/mol. The highest BCUT2D eigenvalue weighted by molar-refractivity contribution is 5.85. The van der Waals surface area contributed by atoms with Crippen molar-refractivity contribution >= 4 is 11.8 Å². The second kappa shape index (κ2) is 6.86. The van der Waals surface area contributed by atoms with Gasteiger partial charge in [0.25, 0.3) is 0 Å². The summed E-state index contributed by atoms with van der Waals surface area (Å²) in [5.74, 6) is -0.191. The maximum atomic E-state index is 12.1. The van der Waals surface area contributed by atoms with Gasteiger partial charge in [-0.3, -0.25) is 9.59 Å². The van der Waals surface area contributed by atoms with Crippen molar-refractivity contribution in [2.75, 3.05) is 46.9 Å². The number of ether oxygens (including phenoxy) is 1. The van der Waals surface area contributed by atoms with Crippen LogP contribution in [0.4, 0.5) is 0 Å². The molecule has 1 heterocycles. The Bertz CT molecular complexity index is 327. The number of amides is 2. The normalized spacial score (nSPS) is 16.6. The quantitative estimate of drug-likeness (QED) is 0.690. The molecule has 6 nitrogen and oxygen atoms in total. The molecule has 0 radical (unpaired) electrons. The van der Waals surface area contributed by atoms with Gasteiger partial charge in [-0.2, -0.15) is 0 Å². The summed E-state index contributed by atoms with van der Waals surface area (Å²) in [4.78, 5) is 26.8. The Morgan fingerprint density at radius 1 is 1.26 bits per heavy atom. The summed E-state index contributed by atoms with van der Waals surface area (Å²) in [6.07, 6.45) is 0.825. The zero-order chi connectivity index (χ0) is 14.5. The molecule has 1 saturated heterocycles. The molecule has 0 aromatic heterocycles. The fraction of sp³-hybridized carbons (Fsp3) is 0.846. The molecule has 110 valence electrons. The van der Waals surface area contributed by atoms with E-state index < -0.39 is 0 Å². The van der Waals surface area contributed by atoms with Crippen molar-refractivity contribution in [3.63, 3.8) is 0 Å². The van der Waals surface area contributed by atoms with Gasteiger partial charge in [-0.15, -0.1) is 0 Å². The largest absolute Gasteiger partial charge is 0.363 e. The van der Waals surface area contributed by atoms with E-state index in [1.54, 1.807) is 19.0 Å². The Morgan fingerprint density at radius 2 is 1.89 bits per heavy atom. The van der Waals surface area contributed by atoms with Crippen LogP contribution in [0.5, 0.6) is 0 Å². The molecule has 0 atom stereocenters. The van der Waals surface area contributed by atoms with Crippen molar-refractivity contribution in [2.45, 2.75) is 25.9 Å². The zero-order valence-corrected chi connectivity index (χ0v) is 12.4. The molecule has 0 bridgehead atoms. The van der Waals surface area contributed by atoms with Crippen LogP contribution in [0.25, 0.3) is 0 Å². The molecular formula is C13H25N3O3. The first-order valence-corrected chi connectivity index (χ1v) is 6.70. The molecule has 1 aliphatic heterocycles. The maximum absolute atomic E-state index is 12.1. The Balaban J connectivity index is 2.45. The SMILES string of the molecule is CCCN(CC(=O)N(C)C)C(=O)COC1(C)CNC1. The highest BCUT2D eigenvalue weighted by atomic mass is 16.5. The van der Waals surface area contributed by atoms with E-state index in [1.807, 2.05) is 13.8 Å². The lowest BCUT2D eigenvalue weighted by Crippen LogP contribution is -2.59. The van der Waals surface area contributed by atoms with E-state index in [-0.39, 0.29) is 30.6 Å². The van der Waals surface area contributed by atoms with Crippen molar-refractivity contribution in [1.82, 2.24) is 15.1 Å². The van der Waals surface area contributed by atoms with Crippen LogP contribution in [0.1, 0.15) is 20.3 Å². The van der Waals surface area contributed by atoms with Crippen molar-refractivity contribution < 1.29 is 14.3 Å². The van der Waals surface area contributed by atoms with Crippen LogP contribution in [0.2, 0.25) is 0 Å². The summed E-state index contributed by atoms with van der Waals surface area (Å²) < 4.78 is 5.62. The first-order valence-electron chi connectivity index (χ1n) is 6.70. The highest BCUT2D eigenvalue weighted by Gasteiger charge is 2.33. The highest BCUT2D eigenvalue weighted by Crippen LogP contribution is 2.15. The number of hydrogen-bond donors (Lipinski definition) is 1. The summed E-state index contributed by atoms with van der Waals surface area (Å²) in [6.45, 7) is 6.24. The Kier molecular flexibility index (Phi) is 5.75. The van der Waals surface area contributed by atoms with E-state index in [0.29, 0.717) is 6.54 Å². The molecule has 6 heteroatoms. The maximum Gasteiger partial charge on any atom is 0.249 e. The fourth-order valence-electron chi connectivity index (χ4n) is 1.77. The van der Waals surface area contributed by atoms with E-state index in [4.69, 9.17) is 4.74 Å². The second-order valence-corrected chi connectivity index (χ2v) is 5.45. The molecule has 0 aromatic carbocycles. The molecule has 2 amide bonds. The van der Waals surface area contributed by atoms with Gasteiger partial charge in [0.1, 0.15) is 6.61 Å². The Morgan fingerprint density at radius 3 is 2.32 bits per heavy atom. The molecule has 0 spiro atoms. The van der Waals surface area contributed by atoms with Crippen LogP contribution in [0.3, 0.4) is 0 Å². The third kappa shape index (κ3) is 4.80. The molecule has 1 aliphatic rings. The summed E-state index contributed by atoms with van der Waals surface area (Å²) >= 11 is 0. The summed E-state index contributed by atoms with van der Waals surface area (Å²) in [5.41, 5.74) is -0.237. The van der Waals surface area contributed by atoms with E-state index in [0.717, 1.165) is 19.5 Å². The van der Waals surface area contributed by atoms with Crippen LogP contribution in [0.15, 0.2) is 0 Å². The minimum Gasteiger partial charge on any atom is -0.363 e. The van der Waals surface area contributed by atoms with Crippen molar-refractivity contribution in [2.24, 2.45) is 0 Å². The number of carbonyl (C=O) groups is 2. The van der Waals surface area contributed by atoms with E-state index >= 15 is 0 Å². The minimum absolute atomic E-state index is 0.0406. The number of likely N-dealkylation sites (N-methyl/N-ethyl adjacent to an activating group) is 1. The van der Waals surface area contributed by atoms with Crippen molar-refractivity contribution in [1.29, 1.82) is 0 Å². The van der Waals surface area contributed by atoms with Crippen LogP contribution < -0.4 is 5.32 Å². The number of nitrogens with one attached hydrogen (secondary N) is 1. The van der Waals surface area contributed by atoms with Crippen molar-refractivity contribution in [3.8, 4) is 0 Å². The van der Waals surface area contributed by atoms with E-state index in [2.05, 4.69) is 5.32 Å². The van der Waals surface area contributed by atoms with Crippen molar-refractivity contribution in [3.05, 3.63) is 0 Å². The standard InChI is InChI=1S/C13H25N3O3/c1-5-6-16(7-11(17)15(3)4)12(18)8-19-13(2)9-14-10-13/h14H,5-10H2,1-4H3. The van der Waals surface area contributed by atoms with Gasteiger partial charge in [0, 0.05) is 33.7 Å². The zero-order valence-electron chi connectivity index (χ0n) is 12.4. The predicted octanol–water partition coefficient (Wildman–Crippen LogP) is -0.308. The molecule has 1 rings (SSSR count). The number of carbonyl (C=O) groups excluding carboxylic acids is 2. The lowest BCUT2D eigenvalue weighted by molar-refractivity contribution is -0.149. The Hall–Kier alpha value is -1.14. The summed E-state index contributed by atoms with van der Waals surface area (Å²) in [5, 5.41) is 3.12. The molecule has 19 heavy (non-hydrogen) atoms. The summed E-state index contributed by atoms with van der Waals surface area (Å²) in [7, 11) is 3.38. The average Bonchev–Trinajstić information content (AvgIpc) is 2.32. The topological polar surface area (TPSA) is 61.9 Å². The molecule has 0 saturated carbocycles. The predicted molar refractivity (Wildman–Crippen MR) is 72.8 cm³/mol. The molecule has 0 unspecified atom stereocenters. The van der Waals surface area contributed by atoms with Crippen LogP contribution in [-0.4, -0.2) is 74.1 Å². The van der Waals surface area contributed by atoms with Gasteiger partial charge in [0.15, 0.2) is 0 Å². The monoisotopic (exact) mass is 271 g/mol. The smallest absolute Gasteiger partial charge is 0.249 e. The van der Waals surface area contributed by atoms with Gasteiger partial charge < -0.3 is 19.9 Å². The number of hydrogen-bond acceptors (Lipinski definition) is 4. The third-order valence-electron chi connectivity index (χ3n) is 3.21. The van der Waals surface area contributed by atoms with Gasteiger partial charge >= 0.3 is 0 Å². The third-order valence-corrected chi connectivity index (χ3v) is 3.21. The fourth-order valence-corrected chi connectivity index (χ4v) is 1.77. The second-order valence-electron chi connectivity index (χ2n) is 5.45. The van der Waals surface area contributed by atoms with E-state index in [9.17, 15) is 9.59 Å². The van der Waals surface area contributed by atoms with Gasteiger partial charge in [-0.05, 0) is 13.3 Å². The van der Waals surface area contributed by atoms with Crippen LogP contribution in [-0.2, 0) is 14.3 Å². The lowest BCUT2D eigenvalue weighted by Gasteiger charge is -2.39. The first kappa shape index (κ1) is 15.9. The van der Waals surface area contributed by atoms with Gasteiger partial charge in [-0.1, -0.05) is 6.92 Å². The van der Waals surface area contributed by atoms with Gasteiger partial charge in [-0.25, -0.2) is 0 Å². The molecule has 0 aliphatic carbocycles. The number of nitrogens with zero attached hydrogens (tertiary/aromatic N) is 2. The molecule has 0 aromatic rings. The Labute approximate surface area is 115 Å². The van der Waals surface area contributed by atoms with Crippen LogP contribution >= 0.6 is 0 Å². The molecule has 1 N–H and O–H groups in total. The number of rotatable bonds is 7. The van der Waals surface area contributed by atoms with E-state index in [1.165, 1.54) is 4.90 Å². The van der Waals surface area contributed by atoms with Gasteiger partial charge in [0.2, 0.25) is 11.8 Å². The lowest BCUT2D eigenvalue weighted by atomic mass is 10.0. The first-order chi connectivity index (χ1) is 8.88. The molecule has 1 fully saturated rings. The van der Waals surface area contributed by atoms with Gasteiger partial charge in [0.05, 0.1) is 12.1 Å². The summed E-state index contributed by atoms with van der Waals surface area (Å²) in [6, 6.07) is 0. The minimum atomic E-state index is -0.237.